The Morgan fingerprint density at radius 2 is 2.35 bits per heavy atom. The zero-order valence-electron chi connectivity index (χ0n) is 11.4. The molecule has 0 saturated heterocycles. The van der Waals surface area contributed by atoms with E-state index in [1.54, 1.807) is 24.1 Å². The van der Waals surface area contributed by atoms with Gasteiger partial charge in [-0.3, -0.25) is 0 Å². The molecule has 104 valence electrons. The van der Waals surface area contributed by atoms with Crippen molar-refractivity contribution >= 4 is 11.5 Å². The van der Waals surface area contributed by atoms with Crippen LogP contribution in [0.15, 0.2) is 41.1 Å². The molecule has 0 aliphatic carbocycles. The Bertz CT molecular complexity index is 690. The van der Waals surface area contributed by atoms with Crippen LogP contribution in [-0.4, -0.2) is 28.3 Å². The van der Waals surface area contributed by atoms with Gasteiger partial charge in [0.15, 0.2) is 5.65 Å². The third kappa shape index (κ3) is 2.37. The Morgan fingerprint density at radius 3 is 3.10 bits per heavy atom. The standard InChI is InChI=1S/C14H16N4O2/c1-10-8-14(18-13(17-10)5-6-16-18)15-9-12(19-2)11-4-3-7-20-11/h3-8,12,15H,9H2,1-2H3. The van der Waals surface area contributed by atoms with Gasteiger partial charge in [-0.05, 0) is 19.1 Å². The minimum atomic E-state index is -0.149. The topological polar surface area (TPSA) is 64.6 Å². The molecule has 0 spiro atoms. The fourth-order valence-electron chi connectivity index (χ4n) is 2.14. The minimum Gasteiger partial charge on any atom is -0.467 e. The van der Waals surface area contributed by atoms with E-state index in [-0.39, 0.29) is 6.10 Å². The normalized spacial score (nSPS) is 12.7. The van der Waals surface area contributed by atoms with Crippen LogP contribution in [0.4, 0.5) is 5.82 Å². The van der Waals surface area contributed by atoms with E-state index in [2.05, 4.69) is 15.4 Å². The van der Waals surface area contributed by atoms with Crippen LogP contribution >= 0.6 is 0 Å². The first-order valence-electron chi connectivity index (χ1n) is 6.39. The van der Waals surface area contributed by atoms with E-state index in [0.29, 0.717) is 6.54 Å². The average Bonchev–Trinajstić information content (AvgIpc) is 3.09. The summed E-state index contributed by atoms with van der Waals surface area (Å²) in [5, 5.41) is 7.58. The van der Waals surface area contributed by atoms with E-state index >= 15 is 0 Å². The van der Waals surface area contributed by atoms with Crippen LogP contribution in [0.3, 0.4) is 0 Å². The number of nitrogens with one attached hydrogen (secondary N) is 1. The van der Waals surface area contributed by atoms with Gasteiger partial charge in [0.2, 0.25) is 0 Å². The van der Waals surface area contributed by atoms with Crippen LogP contribution < -0.4 is 5.32 Å². The molecule has 3 aromatic heterocycles. The summed E-state index contributed by atoms with van der Waals surface area (Å²) >= 11 is 0. The molecule has 1 N–H and O–H groups in total. The first kappa shape index (κ1) is 12.7. The van der Waals surface area contributed by atoms with Crippen molar-refractivity contribution in [3.8, 4) is 0 Å². The first-order valence-corrected chi connectivity index (χ1v) is 6.39. The van der Waals surface area contributed by atoms with Gasteiger partial charge in [-0.2, -0.15) is 9.61 Å². The Hall–Kier alpha value is -2.34. The molecule has 1 atom stereocenters. The highest BCUT2D eigenvalue weighted by molar-refractivity contribution is 5.48. The van der Waals surface area contributed by atoms with E-state index in [9.17, 15) is 0 Å². The summed E-state index contributed by atoms with van der Waals surface area (Å²) in [6, 6.07) is 7.58. The highest BCUT2D eigenvalue weighted by atomic mass is 16.5. The van der Waals surface area contributed by atoms with E-state index < -0.39 is 0 Å². The lowest BCUT2D eigenvalue weighted by Crippen LogP contribution is -2.16. The zero-order chi connectivity index (χ0) is 13.9. The van der Waals surface area contributed by atoms with Gasteiger partial charge in [0, 0.05) is 31.5 Å². The van der Waals surface area contributed by atoms with Gasteiger partial charge >= 0.3 is 0 Å². The molecule has 3 rings (SSSR count). The maximum Gasteiger partial charge on any atom is 0.157 e. The molecule has 0 aliphatic rings. The summed E-state index contributed by atoms with van der Waals surface area (Å²) < 4.78 is 12.6. The summed E-state index contributed by atoms with van der Waals surface area (Å²) in [4.78, 5) is 4.40. The molecule has 3 heterocycles. The van der Waals surface area contributed by atoms with Gasteiger partial charge in [-0.1, -0.05) is 0 Å². The molecule has 20 heavy (non-hydrogen) atoms. The van der Waals surface area contributed by atoms with Crippen molar-refractivity contribution in [2.75, 3.05) is 19.0 Å². The average molecular weight is 272 g/mol. The van der Waals surface area contributed by atoms with Crippen molar-refractivity contribution in [3.63, 3.8) is 0 Å². The number of aryl methyl sites for hydroxylation is 1. The predicted molar refractivity (Wildman–Crippen MR) is 74.7 cm³/mol. The number of anilines is 1. The Balaban J connectivity index is 1.81. The molecular weight excluding hydrogens is 256 g/mol. The van der Waals surface area contributed by atoms with Crippen LogP contribution in [0.2, 0.25) is 0 Å². The highest BCUT2D eigenvalue weighted by Gasteiger charge is 2.14. The molecule has 0 radical (unpaired) electrons. The van der Waals surface area contributed by atoms with Gasteiger partial charge in [0.05, 0.1) is 12.5 Å². The molecule has 0 fully saturated rings. The fraction of sp³-hybridized carbons (Fsp3) is 0.286. The number of rotatable bonds is 5. The monoisotopic (exact) mass is 272 g/mol. The second-order valence-electron chi connectivity index (χ2n) is 4.50. The summed E-state index contributed by atoms with van der Waals surface area (Å²) in [5.41, 5.74) is 1.76. The third-order valence-corrected chi connectivity index (χ3v) is 3.10. The smallest absolute Gasteiger partial charge is 0.157 e. The number of fused-ring (bicyclic) bond motifs is 1. The minimum absolute atomic E-state index is 0.149. The van der Waals surface area contributed by atoms with Crippen LogP contribution in [0.25, 0.3) is 5.65 Å². The quantitative estimate of drug-likeness (QED) is 0.772. The largest absolute Gasteiger partial charge is 0.467 e. The number of ether oxygens (including phenoxy) is 1. The second kappa shape index (κ2) is 5.34. The summed E-state index contributed by atoms with van der Waals surface area (Å²) in [6.45, 7) is 2.54. The van der Waals surface area contributed by atoms with Crippen LogP contribution in [0, 0.1) is 6.92 Å². The lowest BCUT2D eigenvalue weighted by atomic mass is 10.2. The van der Waals surface area contributed by atoms with E-state index in [4.69, 9.17) is 9.15 Å². The summed E-state index contributed by atoms with van der Waals surface area (Å²) in [6.07, 6.45) is 3.22. The van der Waals surface area contributed by atoms with Gasteiger partial charge in [0.1, 0.15) is 17.7 Å². The molecule has 3 aromatic rings. The number of nitrogens with zero attached hydrogens (tertiary/aromatic N) is 3. The Morgan fingerprint density at radius 1 is 1.45 bits per heavy atom. The van der Waals surface area contributed by atoms with E-state index in [1.807, 2.05) is 31.2 Å². The van der Waals surface area contributed by atoms with Crippen LogP contribution in [-0.2, 0) is 4.74 Å². The molecule has 0 bridgehead atoms. The van der Waals surface area contributed by atoms with Gasteiger partial charge in [-0.25, -0.2) is 4.98 Å². The van der Waals surface area contributed by atoms with Gasteiger partial charge in [-0.15, -0.1) is 0 Å². The molecule has 1 unspecified atom stereocenters. The SMILES string of the molecule is COC(CNc1cc(C)nc2ccnn12)c1ccco1. The van der Waals surface area contributed by atoms with Crippen molar-refractivity contribution in [2.24, 2.45) is 0 Å². The Labute approximate surface area is 116 Å². The molecular formula is C14H16N4O2. The molecule has 6 nitrogen and oxygen atoms in total. The fourth-order valence-corrected chi connectivity index (χ4v) is 2.14. The number of hydrogen-bond acceptors (Lipinski definition) is 5. The van der Waals surface area contributed by atoms with Crippen LogP contribution in [0.1, 0.15) is 17.6 Å². The lowest BCUT2D eigenvalue weighted by molar-refractivity contribution is 0.0942. The molecule has 0 aliphatic heterocycles. The molecule has 0 aromatic carbocycles. The van der Waals surface area contributed by atoms with Crippen molar-refractivity contribution < 1.29 is 9.15 Å². The predicted octanol–water partition coefficient (Wildman–Crippen LogP) is 2.43. The van der Waals surface area contributed by atoms with Gasteiger partial charge < -0.3 is 14.5 Å². The van der Waals surface area contributed by atoms with Crippen molar-refractivity contribution in [1.29, 1.82) is 0 Å². The maximum absolute atomic E-state index is 5.44. The van der Waals surface area contributed by atoms with Crippen molar-refractivity contribution in [3.05, 3.63) is 48.2 Å². The van der Waals surface area contributed by atoms with Crippen LogP contribution in [0.5, 0.6) is 0 Å². The number of aromatic nitrogens is 3. The molecule has 0 saturated carbocycles. The zero-order valence-corrected chi connectivity index (χ0v) is 11.4. The van der Waals surface area contributed by atoms with E-state index in [1.165, 1.54) is 0 Å². The number of hydrogen-bond donors (Lipinski definition) is 1. The van der Waals surface area contributed by atoms with Crippen molar-refractivity contribution in [1.82, 2.24) is 14.6 Å². The lowest BCUT2D eigenvalue weighted by Gasteiger charge is -2.15. The number of furan rings is 1. The number of methoxy groups -OCH3 is 1. The maximum atomic E-state index is 5.44. The summed E-state index contributed by atoms with van der Waals surface area (Å²) in [5.74, 6) is 1.67. The van der Waals surface area contributed by atoms with Crippen molar-refractivity contribution in [2.45, 2.75) is 13.0 Å². The van der Waals surface area contributed by atoms with Gasteiger partial charge in [0.25, 0.3) is 0 Å². The highest BCUT2D eigenvalue weighted by Crippen LogP contribution is 2.19. The third-order valence-electron chi connectivity index (χ3n) is 3.10. The second-order valence-corrected chi connectivity index (χ2v) is 4.50. The van der Waals surface area contributed by atoms with E-state index in [0.717, 1.165) is 22.9 Å². The Kier molecular flexibility index (Phi) is 3.39. The molecule has 0 amide bonds. The molecule has 6 heteroatoms. The summed E-state index contributed by atoms with van der Waals surface area (Å²) in [7, 11) is 1.66. The first-order chi connectivity index (χ1) is 9.78.